The number of rotatable bonds is 8. The normalized spacial score (nSPS) is 24.6. The van der Waals surface area contributed by atoms with Gasteiger partial charge in [-0.25, -0.2) is 0 Å². The number of carbonyl (C=O) groups is 5. The Morgan fingerprint density at radius 1 is 0.938 bits per heavy atom. The van der Waals surface area contributed by atoms with Crippen LogP contribution in [-0.4, -0.2) is 67.4 Å². The van der Waals surface area contributed by atoms with Crippen LogP contribution in [0, 0.1) is 0 Å². The van der Waals surface area contributed by atoms with Crippen LogP contribution in [0.15, 0.2) is 24.3 Å². The highest BCUT2D eigenvalue weighted by Crippen LogP contribution is 2.29. The Balaban J connectivity index is 2.43. The van der Waals surface area contributed by atoms with Crippen LogP contribution in [-0.2, 0) is 38.1 Å². The highest BCUT2D eigenvalue weighted by molar-refractivity contribution is 5.75. The van der Waals surface area contributed by atoms with Crippen molar-refractivity contribution in [1.29, 1.82) is 0 Å². The maximum Gasteiger partial charge on any atom is 0.303 e. The predicted octanol–water partition coefficient (Wildman–Crippen LogP) is 0.534. The minimum Gasteiger partial charge on any atom is -0.463 e. The number of ether oxygens (including phenoxy) is 5. The predicted molar refractivity (Wildman–Crippen MR) is 106 cm³/mol. The Kier molecular flexibility index (Phi) is 8.71. The number of nitrogens with one attached hydrogen (secondary N) is 1. The molecule has 0 aromatic heterocycles. The summed E-state index contributed by atoms with van der Waals surface area (Å²) in [7, 11) is 0. The largest absolute Gasteiger partial charge is 0.463 e. The third-order valence-corrected chi connectivity index (χ3v) is 4.34. The highest BCUT2D eigenvalue weighted by atomic mass is 16.7. The quantitative estimate of drug-likeness (QED) is 0.338. The molecule has 1 fully saturated rings. The van der Waals surface area contributed by atoms with Crippen molar-refractivity contribution in [1.82, 2.24) is 5.32 Å². The van der Waals surface area contributed by atoms with Crippen LogP contribution in [0.2, 0.25) is 0 Å². The van der Waals surface area contributed by atoms with Crippen LogP contribution >= 0.6 is 0 Å². The van der Waals surface area contributed by atoms with E-state index in [4.69, 9.17) is 23.7 Å². The van der Waals surface area contributed by atoms with Gasteiger partial charge in [0.2, 0.25) is 12.2 Å². The minimum absolute atomic E-state index is 0.287. The fourth-order valence-corrected chi connectivity index (χ4v) is 3.15. The van der Waals surface area contributed by atoms with Gasteiger partial charge in [0.15, 0.2) is 12.2 Å². The number of hydrogen-bond acceptors (Lipinski definition) is 10. The number of benzene rings is 1. The van der Waals surface area contributed by atoms with E-state index in [0.29, 0.717) is 11.8 Å². The zero-order valence-corrected chi connectivity index (χ0v) is 18.1. The first kappa shape index (κ1) is 24.8. The van der Waals surface area contributed by atoms with Gasteiger partial charge in [0.05, 0.1) is 0 Å². The molecule has 0 saturated carbocycles. The fraction of sp³-hybridized carbons (Fsp3) is 0.476. The first-order chi connectivity index (χ1) is 15.1. The third kappa shape index (κ3) is 7.05. The van der Waals surface area contributed by atoms with Crippen LogP contribution in [0.4, 0.5) is 0 Å². The summed E-state index contributed by atoms with van der Waals surface area (Å²) in [4.78, 5) is 57.6. The Morgan fingerprint density at radius 3 is 2.03 bits per heavy atom. The molecule has 1 aromatic carbocycles. The van der Waals surface area contributed by atoms with Crippen molar-refractivity contribution in [3.8, 4) is 5.75 Å². The first-order valence-corrected chi connectivity index (χ1v) is 9.73. The Hall–Kier alpha value is -3.47. The van der Waals surface area contributed by atoms with Crippen molar-refractivity contribution in [3.63, 3.8) is 0 Å². The topological polar surface area (TPSA) is 144 Å². The van der Waals surface area contributed by atoms with E-state index in [9.17, 15) is 24.0 Å². The zero-order chi connectivity index (χ0) is 23.8. The summed E-state index contributed by atoms with van der Waals surface area (Å²) in [5, 5.41) is 2.60. The summed E-state index contributed by atoms with van der Waals surface area (Å²) in [5.41, 5.74) is 0.417. The van der Waals surface area contributed by atoms with Crippen LogP contribution in [0.25, 0.3) is 0 Å². The molecular formula is C21H25NO10. The van der Waals surface area contributed by atoms with Crippen molar-refractivity contribution in [2.75, 3.05) is 6.61 Å². The van der Waals surface area contributed by atoms with Crippen LogP contribution in [0.5, 0.6) is 5.75 Å². The second kappa shape index (κ2) is 11.2. The van der Waals surface area contributed by atoms with E-state index in [1.165, 1.54) is 38.1 Å². The third-order valence-electron chi connectivity index (χ3n) is 4.34. The lowest BCUT2D eigenvalue weighted by molar-refractivity contribution is -0.257. The van der Waals surface area contributed by atoms with E-state index in [-0.39, 0.29) is 12.4 Å². The van der Waals surface area contributed by atoms with Gasteiger partial charge < -0.3 is 29.0 Å². The summed E-state index contributed by atoms with van der Waals surface area (Å²) in [6.07, 6.45) is -4.05. The van der Waals surface area contributed by atoms with E-state index in [0.717, 1.165) is 13.8 Å². The van der Waals surface area contributed by atoms with Crippen molar-refractivity contribution < 1.29 is 47.7 Å². The molecule has 174 valence electrons. The molecule has 1 aromatic rings. The second-order valence-electron chi connectivity index (χ2n) is 7.02. The van der Waals surface area contributed by atoms with Gasteiger partial charge in [0, 0.05) is 33.3 Å². The highest BCUT2D eigenvalue weighted by Gasteiger charge is 2.51. The molecule has 5 atom stereocenters. The fourth-order valence-electron chi connectivity index (χ4n) is 3.15. The molecule has 5 unspecified atom stereocenters. The van der Waals surface area contributed by atoms with Gasteiger partial charge >= 0.3 is 17.9 Å². The molecule has 1 heterocycles. The molecule has 1 aliphatic rings. The molecule has 1 amide bonds. The molecule has 1 aliphatic heterocycles. The van der Waals surface area contributed by atoms with Gasteiger partial charge in [-0.3, -0.25) is 24.0 Å². The molecule has 1 saturated heterocycles. The van der Waals surface area contributed by atoms with Crippen LogP contribution in [0.3, 0.4) is 0 Å². The average Bonchev–Trinajstić information content (AvgIpc) is 2.70. The van der Waals surface area contributed by atoms with E-state index < -0.39 is 54.5 Å². The van der Waals surface area contributed by atoms with Crippen LogP contribution < -0.4 is 10.1 Å². The van der Waals surface area contributed by atoms with E-state index >= 15 is 0 Å². The summed E-state index contributed by atoms with van der Waals surface area (Å²) >= 11 is 0. The monoisotopic (exact) mass is 451 g/mol. The molecular weight excluding hydrogens is 426 g/mol. The SMILES string of the molecule is CC(=O)NC1C(Oc2ccc(C=O)cc2)OC(COC(C)=O)C(OC(C)=O)C1OC(C)=O. The molecule has 32 heavy (non-hydrogen) atoms. The van der Waals surface area contributed by atoms with E-state index in [1.807, 2.05) is 0 Å². The molecule has 0 spiro atoms. The molecule has 1 N–H and O–H groups in total. The summed E-state index contributed by atoms with van der Waals surface area (Å²) in [6.45, 7) is 4.41. The molecule has 0 bridgehead atoms. The van der Waals surface area contributed by atoms with E-state index in [2.05, 4.69) is 5.32 Å². The number of esters is 3. The summed E-state index contributed by atoms with van der Waals surface area (Å²) in [5.74, 6) is -2.21. The Morgan fingerprint density at radius 2 is 1.53 bits per heavy atom. The first-order valence-electron chi connectivity index (χ1n) is 9.73. The zero-order valence-electron chi connectivity index (χ0n) is 18.1. The van der Waals surface area contributed by atoms with Crippen molar-refractivity contribution in [3.05, 3.63) is 29.8 Å². The maximum atomic E-state index is 11.9. The number of aldehydes is 1. The number of carbonyl (C=O) groups excluding carboxylic acids is 5. The van der Waals surface area contributed by atoms with Gasteiger partial charge in [-0.1, -0.05) is 0 Å². The molecule has 11 nitrogen and oxygen atoms in total. The molecule has 0 aliphatic carbocycles. The number of hydrogen-bond donors (Lipinski definition) is 1. The van der Waals surface area contributed by atoms with Gasteiger partial charge in [0.25, 0.3) is 0 Å². The molecule has 0 radical (unpaired) electrons. The van der Waals surface area contributed by atoms with E-state index in [1.54, 1.807) is 0 Å². The lowest BCUT2D eigenvalue weighted by atomic mass is 9.96. The average molecular weight is 451 g/mol. The van der Waals surface area contributed by atoms with Gasteiger partial charge in [-0.15, -0.1) is 0 Å². The van der Waals surface area contributed by atoms with Crippen molar-refractivity contribution in [2.45, 2.75) is 58.3 Å². The Bertz CT molecular complexity index is 853. The lowest BCUT2D eigenvalue weighted by Gasteiger charge is -2.44. The van der Waals surface area contributed by atoms with Crippen molar-refractivity contribution in [2.24, 2.45) is 0 Å². The van der Waals surface area contributed by atoms with Crippen LogP contribution in [0.1, 0.15) is 38.1 Å². The number of amides is 1. The Labute approximate surface area is 184 Å². The van der Waals surface area contributed by atoms with Gasteiger partial charge in [-0.2, -0.15) is 0 Å². The minimum atomic E-state index is -1.22. The smallest absolute Gasteiger partial charge is 0.303 e. The van der Waals surface area contributed by atoms with Gasteiger partial charge in [0.1, 0.15) is 30.8 Å². The molecule has 2 rings (SSSR count). The van der Waals surface area contributed by atoms with Crippen molar-refractivity contribution >= 4 is 30.1 Å². The molecule has 11 heteroatoms. The standard InChI is InChI=1S/C21H25NO10/c1-11(24)22-18-20(30-14(4)27)19(29-13(3)26)17(10-28-12(2)25)32-21(18)31-16-7-5-15(9-23)6-8-16/h5-9,17-21H,10H2,1-4H3,(H,22,24). The lowest BCUT2D eigenvalue weighted by Crippen LogP contribution is -2.67. The second-order valence-corrected chi connectivity index (χ2v) is 7.02. The summed E-state index contributed by atoms with van der Waals surface area (Å²) < 4.78 is 27.4. The maximum absolute atomic E-state index is 11.9. The van der Waals surface area contributed by atoms with Gasteiger partial charge in [-0.05, 0) is 24.3 Å². The summed E-state index contributed by atoms with van der Waals surface area (Å²) in [6, 6.07) is 4.97.